The van der Waals surface area contributed by atoms with Crippen molar-refractivity contribution in [3.05, 3.63) is 38.6 Å². The zero-order valence-electron chi connectivity index (χ0n) is 7.07. The summed E-state index contributed by atoms with van der Waals surface area (Å²) < 4.78 is 13.4. The van der Waals surface area contributed by atoms with E-state index >= 15 is 0 Å². The molecule has 1 aromatic heterocycles. The van der Waals surface area contributed by atoms with E-state index in [1.54, 1.807) is 0 Å². The lowest BCUT2D eigenvalue weighted by Gasteiger charge is -2.04. The molecule has 0 bridgehead atoms. The number of pyridine rings is 1. The molecule has 13 heavy (non-hydrogen) atoms. The van der Waals surface area contributed by atoms with Gasteiger partial charge in [0.1, 0.15) is 0 Å². The van der Waals surface area contributed by atoms with E-state index in [9.17, 15) is 19.7 Å². The minimum atomic E-state index is -1.08. The second kappa shape index (κ2) is 2.96. The number of hydrogen-bond donors (Lipinski definition) is 0. The van der Waals surface area contributed by atoms with Crippen LogP contribution in [-0.4, -0.2) is 4.92 Å². The van der Waals surface area contributed by atoms with Gasteiger partial charge in [-0.25, -0.2) is 0 Å². The predicted molar refractivity (Wildman–Crippen MR) is 41.5 cm³/mol. The summed E-state index contributed by atoms with van der Waals surface area (Å²) in [6.45, 7) is 2.58. The maximum atomic E-state index is 13.0. The highest BCUT2D eigenvalue weighted by Crippen LogP contribution is 2.18. The minimum absolute atomic E-state index is 0.102. The molecule has 1 aromatic rings. The first-order valence-corrected chi connectivity index (χ1v) is 3.48. The lowest BCUT2D eigenvalue weighted by atomic mass is 10.2. The minimum Gasteiger partial charge on any atom is -0.618 e. The average Bonchev–Trinajstić information content (AvgIpc) is 2.07. The van der Waals surface area contributed by atoms with Gasteiger partial charge < -0.3 is 5.21 Å². The molecule has 0 atom stereocenters. The molecule has 0 aliphatic rings. The van der Waals surface area contributed by atoms with Crippen LogP contribution >= 0.6 is 0 Å². The van der Waals surface area contributed by atoms with Crippen molar-refractivity contribution < 1.29 is 14.0 Å². The van der Waals surface area contributed by atoms with Crippen molar-refractivity contribution in [2.45, 2.75) is 13.8 Å². The van der Waals surface area contributed by atoms with Gasteiger partial charge in [-0.15, -0.1) is 0 Å². The molecule has 0 spiro atoms. The van der Waals surface area contributed by atoms with Gasteiger partial charge in [0.05, 0.1) is 11.0 Å². The van der Waals surface area contributed by atoms with Crippen LogP contribution in [-0.2, 0) is 0 Å². The van der Waals surface area contributed by atoms with Crippen LogP contribution in [0.4, 0.5) is 10.1 Å². The molecule has 0 fully saturated rings. The van der Waals surface area contributed by atoms with E-state index in [0.717, 1.165) is 6.07 Å². The third-order valence-electron chi connectivity index (χ3n) is 1.71. The maximum Gasteiger partial charge on any atom is 0.317 e. The smallest absolute Gasteiger partial charge is 0.317 e. The number of hydrogen-bond acceptors (Lipinski definition) is 3. The molecule has 0 saturated heterocycles. The van der Waals surface area contributed by atoms with Crippen molar-refractivity contribution in [3.63, 3.8) is 0 Å². The molecule has 0 saturated carbocycles. The van der Waals surface area contributed by atoms with E-state index in [4.69, 9.17) is 0 Å². The zero-order chi connectivity index (χ0) is 10.2. The zero-order valence-corrected chi connectivity index (χ0v) is 7.07. The van der Waals surface area contributed by atoms with Gasteiger partial charge in [-0.2, -0.15) is 9.12 Å². The lowest BCUT2D eigenvalue weighted by Crippen LogP contribution is -2.35. The van der Waals surface area contributed by atoms with Crippen LogP contribution in [0.2, 0.25) is 0 Å². The molecule has 1 heterocycles. The molecule has 0 aliphatic carbocycles. The summed E-state index contributed by atoms with van der Waals surface area (Å²) in [6, 6.07) is 0.912. The van der Waals surface area contributed by atoms with Crippen molar-refractivity contribution in [1.29, 1.82) is 0 Å². The summed E-state index contributed by atoms with van der Waals surface area (Å²) in [5, 5.41) is 21.3. The monoisotopic (exact) mass is 186 g/mol. The van der Waals surface area contributed by atoms with Crippen molar-refractivity contribution in [2.24, 2.45) is 0 Å². The summed E-state index contributed by atoms with van der Waals surface area (Å²) in [7, 11) is 0. The van der Waals surface area contributed by atoms with Gasteiger partial charge in [0, 0.05) is 13.8 Å². The second-order valence-electron chi connectivity index (χ2n) is 2.62. The normalized spacial score (nSPS) is 10.1. The molecule has 0 unspecified atom stereocenters. The third kappa shape index (κ3) is 1.42. The highest BCUT2D eigenvalue weighted by atomic mass is 19.1. The standard InChI is InChI=1S/C7H7FN2O3/c1-4-3-6(10(12)13)7(8)5(2)9(4)11/h3H,1-2H3. The Bertz CT molecular complexity index is 378. The molecule has 0 aliphatic heterocycles. The van der Waals surface area contributed by atoms with Crippen LogP contribution in [0.1, 0.15) is 11.4 Å². The van der Waals surface area contributed by atoms with Gasteiger partial charge in [-0.3, -0.25) is 10.1 Å². The number of nitro groups is 1. The summed E-state index contributed by atoms with van der Waals surface area (Å²) >= 11 is 0. The van der Waals surface area contributed by atoms with Crippen molar-refractivity contribution in [3.8, 4) is 0 Å². The van der Waals surface area contributed by atoms with E-state index in [1.807, 2.05) is 0 Å². The van der Waals surface area contributed by atoms with Crippen molar-refractivity contribution in [2.75, 3.05) is 0 Å². The van der Waals surface area contributed by atoms with Gasteiger partial charge >= 0.3 is 5.69 Å². The number of aryl methyl sites for hydroxylation is 1. The Balaban J connectivity index is 3.50. The van der Waals surface area contributed by atoms with E-state index in [1.165, 1.54) is 13.8 Å². The van der Waals surface area contributed by atoms with Gasteiger partial charge in [0.25, 0.3) is 5.82 Å². The Morgan fingerprint density at radius 1 is 1.54 bits per heavy atom. The highest BCUT2D eigenvalue weighted by molar-refractivity contribution is 5.32. The molecular weight excluding hydrogens is 179 g/mol. The first kappa shape index (κ1) is 9.37. The van der Waals surface area contributed by atoms with Gasteiger partial charge in [0.15, 0.2) is 5.69 Å². The average molecular weight is 186 g/mol. The van der Waals surface area contributed by atoms with Gasteiger partial charge in [0.2, 0.25) is 5.69 Å². The van der Waals surface area contributed by atoms with E-state index in [0.29, 0.717) is 4.73 Å². The molecule has 0 radical (unpaired) electrons. The molecule has 70 valence electrons. The third-order valence-corrected chi connectivity index (χ3v) is 1.71. The van der Waals surface area contributed by atoms with E-state index in [-0.39, 0.29) is 11.4 Å². The molecule has 0 aromatic carbocycles. The van der Waals surface area contributed by atoms with Crippen LogP contribution < -0.4 is 4.73 Å². The van der Waals surface area contributed by atoms with Gasteiger partial charge in [-0.05, 0) is 0 Å². The second-order valence-corrected chi connectivity index (χ2v) is 2.62. The number of nitrogens with zero attached hydrogens (tertiary/aromatic N) is 2. The van der Waals surface area contributed by atoms with Gasteiger partial charge in [-0.1, -0.05) is 0 Å². The molecule has 0 N–H and O–H groups in total. The van der Waals surface area contributed by atoms with Crippen LogP contribution in [0.25, 0.3) is 0 Å². The fourth-order valence-corrected chi connectivity index (χ4v) is 0.992. The summed E-state index contributed by atoms with van der Waals surface area (Å²) in [5.41, 5.74) is -0.848. The molecule has 6 heteroatoms. The SMILES string of the molecule is Cc1cc([N+](=O)[O-])c(F)c(C)[n+]1[O-]. The predicted octanol–water partition coefficient (Wildman–Crippen LogP) is 0.984. The lowest BCUT2D eigenvalue weighted by molar-refractivity contribution is -0.621. The first-order valence-electron chi connectivity index (χ1n) is 3.48. The summed E-state index contributed by atoms with van der Waals surface area (Å²) in [4.78, 5) is 9.44. The first-order chi connectivity index (χ1) is 5.95. The van der Waals surface area contributed by atoms with Crippen LogP contribution in [0, 0.1) is 35.0 Å². The fourth-order valence-electron chi connectivity index (χ4n) is 0.992. The Labute approximate surface area is 73.2 Å². The fraction of sp³-hybridized carbons (Fsp3) is 0.286. The molecule has 0 amide bonds. The summed E-state index contributed by atoms with van der Waals surface area (Å²) in [5.74, 6) is -1.08. The number of halogens is 1. The number of aromatic nitrogens is 1. The maximum absolute atomic E-state index is 13.0. The largest absolute Gasteiger partial charge is 0.618 e. The van der Waals surface area contributed by atoms with Crippen LogP contribution in [0.5, 0.6) is 0 Å². The topological polar surface area (TPSA) is 70.1 Å². The molecule has 5 nitrogen and oxygen atoms in total. The Hall–Kier alpha value is -1.72. The summed E-state index contributed by atoms with van der Waals surface area (Å²) in [6.07, 6.45) is 0. The quantitative estimate of drug-likeness (QED) is 0.284. The molecule has 1 rings (SSSR count). The van der Waals surface area contributed by atoms with Crippen molar-refractivity contribution >= 4 is 5.69 Å². The Kier molecular flexibility index (Phi) is 2.14. The van der Waals surface area contributed by atoms with Crippen LogP contribution in [0.15, 0.2) is 6.07 Å². The van der Waals surface area contributed by atoms with E-state index < -0.39 is 16.4 Å². The Morgan fingerprint density at radius 2 is 2.08 bits per heavy atom. The van der Waals surface area contributed by atoms with E-state index in [2.05, 4.69) is 0 Å². The number of rotatable bonds is 1. The Morgan fingerprint density at radius 3 is 2.54 bits per heavy atom. The highest BCUT2D eigenvalue weighted by Gasteiger charge is 2.24. The van der Waals surface area contributed by atoms with Crippen molar-refractivity contribution in [1.82, 2.24) is 0 Å². The molecular formula is C7H7FN2O3. The van der Waals surface area contributed by atoms with Crippen LogP contribution in [0.3, 0.4) is 0 Å².